The van der Waals surface area contributed by atoms with Gasteiger partial charge in [0.2, 0.25) is 0 Å². The SMILES string of the molecule is O=C(C[C@@H](c1ccccc1)c1cccc(OCc2cccc(C(=O)N3CCS[C@H]3C(=O)O[C@@H](Cc3c(Cl)c[nH+]cc3Cl)c3ccc(OC(F)F)c(OCC4CC4)c3)c2)c1)O[C@H]1CN2CCC1CC2.[OH-]. The molecular formula is C52H53Cl2F2N3O9S. The molecule has 5 fully saturated rings. The van der Waals surface area contributed by atoms with Gasteiger partial charge in [0.1, 0.15) is 34.6 Å². The lowest BCUT2D eigenvalue weighted by molar-refractivity contribution is -0.377. The third-order valence-corrected chi connectivity index (χ3v) is 14.9. The molecule has 1 amide bonds. The highest BCUT2D eigenvalue weighted by Gasteiger charge is 2.39. The van der Waals surface area contributed by atoms with Crippen LogP contribution in [0.3, 0.4) is 0 Å². The number of ether oxygens (including phenoxy) is 5. The second-order valence-corrected chi connectivity index (χ2v) is 19.7. The fraction of sp³-hybridized carbons (Fsp3) is 0.385. The monoisotopic (exact) mass is 1000 g/mol. The van der Waals surface area contributed by atoms with Gasteiger partial charge in [0.05, 0.1) is 13.0 Å². The largest absolute Gasteiger partial charge is 0.870 e. The molecule has 1 aliphatic carbocycles. The third kappa shape index (κ3) is 12.7. The molecule has 2 bridgehead atoms. The molecule has 4 saturated heterocycles. The molecule has 69 heavy (non-hydrogen) atoms. The molecule has 10 rings (SSSR count). The van der Waals surface area contributed by atoms with Crippen LogP contribution in [0.15, 0.2) is 109 Å². The number of thioether (sulfide) groups is 1. The lowest BCUT2D eigenvalue weighted by Crippen LogP contribution is -2.52. The van der Waals surface area contributed by atoms with Crippen LogP contribution in [0.25, 0.3) is 0 Å². The number of hydrogen-bond acceptors (Lipinski definition) is 11. The second-order valence-electron chi connectivity index (χ2n) is 17.7. The van der Waals surface area contributed by atoms with Crippen molar-refractivity contribution >= 4 is 52.8 Å². The van der Waals surface area contributed by atoms with E-state index >= 15 is 0 Å². The van der Waals surface area contributed by atoms with Crippen LogP contribution < -0.4 is 19.2 Å². The first kappa shape index (κ1) is 50.0. The van der Waals surface area contributed by atoms with Crippen LogP contribution in [0.2, 0.25) is 10.0 Å². The quantitative estimate of drug-likeness (QED) is 0.0729. The lowest BCUT2D eigenvalue weighted by atomic mass is 9.85. The molecule has 5 aliphatic rings. The molecule has 4 aromatic carbocycles. The Kier molecular flexibility index (Phi) is 16.6. The number of benzene rings is 4. The minimum atomic E-state index is -3.08. The molecule has 5 heterocycles. The molecule has 5 aromatic rings. The van der Waals surface area contributed by atoms with Crippen LogP contribution in [0.4, 0.5) is 8.78 Å². The summed E-state index contributed by atoms with van der Waals surface area (Å²) >= 11 is 14.4. The number of esters is 2. The number of nitrogens with zero attached hydrogens (tertiary/aromatic N) is 2. The molecule has 1 aromatic heterocycles. The first-order chi connectivity index (χ1) is 33.0. The highest BCUT2D eigenvalue weighted by Crippen LogP contribution is 2.40. The number of carbonyl (C=O) groups is 3. The first-order valence-corrected chi connectivity index (χ1v) is 24.8. The van der Waals surface area contributed by atoms with Crippen LogP contribution in [-0.2, 0) is 32.1 Å². The van der Waals surface area contributed by atoms with Crippen molar-refractivity contribution in [2.45, 2.75) is 75.2 Å². The summed E-state index contributed by atoms with van der Waals surface area (Å²) in [7, 11) is 0. The Labute approximate surface area is 413 Å². The van der Waals surface area contributed by atoms with Crippen molar-refractivity contribution in [1.29, 1.82) is 0 Å². The number of piperidine rings is 3. The molecule has 0 spiro atoms. The highest BCUT2D eigenvalue weighted by molar-refractivity contribution is 8.00. The summed E-state index contributed by atoms with van der Waals surface area (Å²) in [6, 6.07) is 29.2. The van der Waals surface area contributed by atoms with Crippen molar-refractivity contribution in [2.24, 2.45) is 11.8 Å². The molecule has 2 N–H and O–H groups in total. The number of aromatic nitrogens is 1. The van der Waals surface area contributed by atoms with Gasteiger partial charge in [-0.05, 0) is 109 Å². The van der Waals surface area contributed by atoms with E-state index < -0.39 is 24.1 Å². The predicted molar refractivity (Wildman–Crippen MR) is 255 cm³/mol. The van der Waals surface area contributed by atoms with E-state index in [0.29, 0.717) is 63.2 Å². The Balaban J connectivity index is 0.00000642. The van der Waals surface area contributed by atoms with Crippen LogP contribution in [0.1, 0.15) is 82.3 Å². The van der Waals surface area contributed by atoms with Gasteiger partial charge >= 0.3 is 18.6 Å². The van der Waals surface area contributed by atoms with E-state index in [9.17, 15) is 23.2 Å². The number of H-pyrrole nitrogens is 1. The summed E-state index contributed by atoms with van der Waals surface area (Å²) in [6.45, 7) is 0.631. The number of amides is 1. The van der Waals surface area contributed by atoms with E-state index in [1.807, 2.05) is 60.7 Å². The summed E-state index contributed by atoms with van der Waals surface area (Å²) in [5, 5.41) is -0.378. The normalized spacial score (nSPS) is 20.4. The van der Waals surface area contributed by atoms with Crippen LogP contribution in [-0.4, -0.2) is 89.7 Å². The number of carbonyl (C=O) groups excluding carboxylic acids is 3. The standard InChI is InChI=1S/C52H51Cl2F2N3O8S.H2O/c53-42-27-57-28-43(54)41(42)25-45(37-14-15-44(67-52(55)56)46(24-37)64-30-32-12-13-32)66-51(62)50-59(20-21-68-50)49(61)38-10-4-6-33(22-38)31-63-39-11-5-9-36(23-39)40(34-7-2-1-3-8-34)26-48(60)65-47-29-58-18-16-35(47)17-19-58;/h1-11,14-15,22-24,27-28,32,35,40,45,47,50,52H,12-13,16-21,25-26,29-31H2;1H2/t40-,45-,47-,50-;/m0./s1. The van der Waals surface area contributed by atoms with Gasteiger partial charge in [-0.1, -0.05) is 83.9 Å². The minimum Gasteiger partial charge on any atom is -0.870 e. The first-order valence-electron chi connectivity index (χ1n) is 23.0. The molecule has 4 atom stereocenters. The Morgan fingerprint density at radius 2 is 1.55 bits per heavy atom. The van der Waals surface area contributed by atoms with Gasteiger partial charge in [0.25, 0.3) is 5.91 Å². The van der Waals surface area contributed by atoms with Crippen LogP contribution in [0.5, 0.6) is 17.2 Å². The van der Waals surface area contributed by atoms with Crippen molar-refractivity contribution in [2.75, 3.05) is 38.5 Å². The number of aromatic amines is 1. The Morgan fingerprint density at radius 3 is 2.28 bits per heavy atom. The minimum absolute atomic E-state index is 0. The number of rotatable bonds is 19. The summed E-state index contributed by atoms with van der Waals surface area (Å²) in [5.74, 6) is 0.290. The van der Waals surface area contributed by atoms with Crippen molar-refractivity contribution in [3.05, 3.63) is 153 Å². The number of fused-ring (bicyclic) bond motifs is 3. The van der Waals surface area contributed by atoms with Gasteiger partial charge < -0.3 is 34.1 Å². The summed E-state index contributed by atoms with van der Waals surface area (Å²) < 4.78 is 56.2. The Hall–Kier alpha value is -5.45. The van der Waals surface area contributed by atoms with E-state index in [0.717, 1.165) is 62.0 Å². The summed E-state index contributed by atoms with van der Waals surface area (Å²) in [6.07, 6.45) is 6.34. The zero-order valence-electron chi connectivity index (χ0n) is 37.7. The average Bonchev–Trinajstić information content (AvgIpc) is 4.05. The molecule has 12 nitrogen and oxygen atoms in total. The summed E-state index contributed by atoms with van der Waals surface area (Å²) in [4.78, 5) is 48.7. The molecule has 0 radical (unpaired) electrons. The zero-order valence-corrected chi connectivity index (χ0v) is 40.0. The topological polar surface area (TPSA) is 148 Å². The molecule has 4 aliphatic heterocycles. The van der Waals surface area contributed by atoms with Crippen molar-refractivity contribution in [3.8, 4) is 17.2 Å². The molecule has 17 heteroatoms. The van der Waals surface area contributed by atoms with Gasteiger partial charge in [0, 0.05) is 42.3 Å². The maximum Gasteiger partial charge on any atom is 0.387 e. The van der Waals surface area contributed by atoms with Crippen molar-refractivity contribution < 1.29 is 57.3 Å². The van der Waals surface area contributed by atoms with Crippen LogP contribution in [0, 0.1) is 11.8 Å². The van der Waals surface area contributed by atoms with Crippen LogP contribution >= 0.6 is 35.0 Å². The fourth-order valence-corrected chi connectivity index (χ4v) is 10.8. The fourth-order valence-electron chi connectivity index (χ4n) is 9.17. The molecular weight excluding hydrogens is 952 g/mol. The second kappa shape index (κ2) is 23.0. The Bertz CT molecular complexity index is 2570. The molecule has 364 valence electrons. The smallest absolute Gasteiger partial charge is 0.387 e. The van der Waals surface area contributed by atoms with E-state index in [-0.39, 0.29) is 60.3 Å². The maximum absolute atomic E-state index is 14.2. The number of alkyl halides is 2. The number of nitrogens with one attached hydrogen (secondary N) is 1. The van der Waals surface area contributed by atoms with Gasteiger partial charge in [-0.15, -0.1) is 11.8 Å². The summed E-state index contributed by atoms with van der Waals surface area (Å²) in [5.41, 5.74) is 3.95. The number of hydrogen-bond donors (Lipinski definition) is 0. The van der Waals surface area contributed by atoms with E-state index in [4.69, 9.17) is 46.9 Å². The number of pyridine rings is 1. The zero-order chi connectivity index (χ0) is 47.1. The average molecular weight is 1000 g/mol. The highest BCUT2D eigenvalue weighted by atomic mass is 35.5. The van der Waals surface area contributed by atoms with E-state index in [1.54, 1.807) is 30.6 Å². The predicted octanol–water partition coefficient (Wildman–Crippen LogP) is 9.80. The number of halogens is 4. The van der Waals surface area contributed by atoms with Gasteiger partial charge in [-0.3, -0.25) is 14.5 Å². The van der Waals surface area contributed by atoms with Crippen molar-refractivity contribution in [1.82, 2.24) is 9.80 Å². The van der Waals surface area contributed by atoms with E-state index in [2.05, 4.69) is 9.88 Å². The molecule has 0 unspecified atom stereocenters. The molecule has 1 saturated carbocycles. The maximum atomic E-state index is 14.2. The van der Waals surface area contributed by atoms with E-state index in [1.165, 1.54) is 34.9 Å². The third-order valence-electron chi connectivity index (χ3n) is 13.0. The Morgan fingerprint density at radius 1 is 0.797 bits per heavy atom. The van der Waals surface area contributed by atoms with Gasteiger partial charge in [0.15, 0.2) is 29.3 Å². The lowest BCUT2D eigenvalue weighted by Gasteiger charge is -2.44. The van der Waals surface area contributed by atoms with Crippen molar-refractivity contribution in [3.63, 3.8) is 0 Å². The van der Waals surface area contributed by atoms with Gasteiger partial charge in [-0.2, -0.15) is 8.78 Å². The van der Waals surface area contributed by atoms with Gasteiger partial charge in [-0.25, -0.2) is 9.78 Å².